The molecule has 4 aliphatic carbocycles. The third-order valence-electron chi connectivity index (χ3n) is 5.48. The zero-order chi connectivity index (χ0) is 14.8. The van der Waals surface area contributed by atoms with Crippen LogP contribution >= 0.6 is 0 Å². The number of ether oxygens (including phenoxy) is 1. The fourth-order valence-electron chi connectivity index (χ4n) is 6.18. The van der Waals surface area contributed by atoms with Gasteiger partial charge in [-0.25, -0.2) is 4.79 Å². The Morgan fingerprint density at radius 1 is 1.05 bits per heavy atom. The highest BCUT2D eigenvalue weighted by Crippen LogP contribution is 2.71. The zero-order valence-corrected chi connectivity index (χ0v) is 12.2. The van der Waals surface area contributed by atoms with E-state index in [0.29, 0.717) is 19.3 Å². The van der Waals surface area contributed by atoms with Gasteiger partial charge >= 0.3 is 11.9 Å². The lowest BCUT2D eigenvalue weighted by Gasteiger charge is -2.67. The van der Waals surface area contributed by atoms with E-state index in [1.165, 1.54) is 6.08 Å². The van der Waals surface area contributed by atoms with Crippen LogP contribution in [0.2, 0.25) is 0 Å². The third-order valence-corrected chi connectivity index (χ3v) is 5.48. The Balaban J connectivity index is 2.04. The Morgan fingerprint density at radius 3 is 2.05 bits per heavy atom. The molecule has 0 saturated heterocycles. The lowest BCUT2D eigenvalue weighted by atomic mass is 9.39. The number of rotatable bonds is 3. The lowest BCUT2D eigenvalue weighted by molar-refractivity contribution is -0.241. The first-order chi connectivity index (χ1) is 9.14. The standard InChI is InChI=1S/C16H22O4/c1-4-11(17)20-16-8-13(2)5-14(3,9-16)7-15(6-13,10-16)12(18)19/h4H,1,5-10H2,2-3H3,(H,18,19). The van der Waals surface area contributed by atoms with Gasteiger partial charge in [-0.3, -0.25) is 4.79 Å². The third kappa shape index (κ3) is 1.80. The van der Waals surface area contributed by atoms with Gasteiger partial charge in [0.25, 0.3) is 0 Å². The van der Waals surface area contributed by atoms with Gasteiger partial charge in [-0.15, -0.1) is 0 Å². The van der Waals surface area contributed by atoms with Gasteiger partial charge in [0.05, 0.1) is 5.41 Å². The second kappa shape index (κ2) is 3.66. The minimum absolute atomic E-state index is 0.0384. The van der Waals surface area contributed by atoms with Crippen molar-refractivity contribution in [1.29, 1.82) is 0 Å². The molecule has 0 heterocycles. The van der Waals surface area contributed by atoms with Crippen molar-refractivity contribution in [1.82, 2.24) is 0 Å². The molecule has 0 amide bonds. The predicted molar refractivity (Wildman–Crippen MR) is 73.0 cm³/mol. The quantitative estimate of drug-likeness (QED) is 0.637. The van der Waals surface area contributed by atoms with E-state index in [1.807, 2.05) is 0 Å². The summed E-state index contributed by atoms with van der Waals surface area (Å²) in [4.78, 5) is 23.6. The van der Waals surface area contributed by atoms with Gasteiger partial charge in [-0.05, 0) is 42.9 Å². The average molecular weight is 278 g/mol. The minimum atomic E-state index is -0.729. The summed E-state index contributed by atoms with van der Waals surface area (Å²) in [5.41, 5.74) is -1.41. The van der Waals surface area contributed by atoms with Crippen molar-refractivity contribution >= 4 is 11.9 Å². The summed E-state index contributed by atoms with van der Waals surface area (Å²) in [6.07, 6.45) is 5.64. The Hall–Kier alpha value is -1.32. The van der Waals surface area contributed by atoms with E-state index >= 15 is 0 Å². The molecule has 0 aromatic carbocycles. The van der Waals surface area contributed by atoms with Crippen LogP contribution in [-0.4, -0.2) is 22.6 Å². The highest BCUT2D eigenvalue weighted by atomic mass is 16.6. The van der Waals surface area contributed by atoms with Crippen LogP contribution in [0, 0.1) is 16.2 Å². The van der Waals surface area contributed by atoms with Crippen LogP contribution in [0.3, 0.4) is 0 Å². The Bertz CT molecular complexity index is 489. The normalized spacial score (nSPS) is 48.9. The highest BCUT2D eigenvalue weighted by Gasteiger charge is 2.69. The van der Waals surface area contributed by atoms with Gasteiger partial charge in [0.15, 0.2) is 0 Å². The molecule has 4 nitrogen and oxygen atoms in total. The fourth-order valence-corrected chi connectivity index (χ4v) is 6.18. The molecule has 1 N–H and O–H groups in total. The second-order valence-corrected chi connectivity index (χ2v) is 8.08. The molecule has 110 valence electrons. The highest BCUT2D eigenvalue weighted by molar-refractivity contribution is 5.82. The maximum absolute atomic E-state index is 11.9. The molecule has 4 bridgehead atoms. The van der Waals surface area contributed by atoms with Gasteiger partial charge in [0.1, 0.15) is 5.60 Å². The van der Waals surface area contributed by atoms with Crippen LogP contribution in [0.5, 0.6) is 0 Å². The van der Waals surface area contributed by atoms with Gasteiger partial charge < -0.3 is 9.84 Å². The van der Waals surface area contributed by atoms with E-state index in [2.05, 4.69) is 20.4 Å². The molecule has 0 aliphatic heterocycles. The van der Waals surface area contributed by atoms with E-state index in [1.54, 1.807) is 0 Å². The van der Waals surface area contributed by atoms with Crippen LogP contribution in [-0.2, 0) is 14.3 Å². The molecule has 4 saturated carbocycles. The number of carboxylic acids is 1. The summed E-state index contributed by atoms with van der Waals surface area (Å²) >= 11 is 0. The van der Waals surface area contributed by atoms with Crippen molar-refractivity contribution in [3.63, 3.8) is 0 Å². The summed E-state index contributed by atoms with van der Waals surface area (Å²) in [7, 11) is 0. The summed E-state index contributed by atoms with van der Waals surface area (Å²) in [6.45, 7) is 7.75. The van der Waals surface area contributed by atoms with Gasteiger partial charge in [0.2, 0.25) is 0 Å². The summed E-state index contributed by atoms with van der Waals surface area (Å²) < 4.78 is 5.69. The van der Waals surface area contributed by atoms with Crippen molar-refractivity contribution in [2.75, 3.05) is 0 Å². The summed E-state index contributed by atoms with van der Waals surface area (Å²) in [5.74, 6) is -1.16. The first kappa shape index (κ1) is 13.7. The zero-order valence-electron chi connectivity index (χ0n) is 12.2. The Labute approximate surface area is 119 Å². The molecule has 0 aromatic heterocycles. The molecular formula is C16H22O4. The summed E-state index contributed by atoms with van der Waals surface area (Å²) in [6, 6.07) is 0. The van der Waals surface area contributed by atoms with Crippen molar-refractivity contribution in [3.05, 3.63) is 12.7 Å². The number of carboxylic acid groups (broad SMARTS) is 1. The molecule has 0 radical (unpaired) electrons. The SMILES string of the molecule is C=CC(=O)OC12CC3(C)CC(C)(C1)CC(C(=O)O)(C3)C2. The Morgan fingerprint density at radius 2 is 1.60 bits per heavy atom. The molecule has 4 aliphatic rings. The van der Waals surface area contributed by atoms with Crippen LogP contribution in [0.25, 0.3) is 0 Å². The Kier molecular flexibility index (Phi) is 2.50. The number of hydrogen-bond acceptors (Lipinski definition) is 3. The predicted octanol–water partition coefficient (Wildman–Crippen LogP) is 2.92. The molecule has 4 rings (SSSR count). The monoisotopic (exact) mass is 278 g/mol. The molecule has 4 heteroatoms. The van der Waals surface area contributed by atoms with E-state index in [0.717, 1.165) is 19.3 Å². The van der Waals surface area contributed by atoms with Crippen LogP contribution < -0.4 is 0 Å². The minimum Gasteiger partial charge on any atom is -0.481 e. The van der Waals surface area contributed by atoms with Crippen molar-refractivity contribution in [2.24, 2.45) is 16.2 Å². The van der Waals surface area contributed by atoms with E-state index in [-0.39, 0.29) is 10.8 Å². The molecule has 4 fully saturated rings. The number of carbonyl (C=O) groups excluding carboxylic acids is 1. The van der Waals surface area contributed by atoms with Gasteiger partial charge in [-0.1, -0.05) is 20.4 Å². The van der Waals surface area contributed by atoms with Crippen molar-refractivity contribution in [2.45, 2.75) is 58.0 Å². The van der Waals surface area contributed by atoms with E-state index < -0.39 is 23.0 Å². The first-order valence-corrected chi connectivity index (χ1v) is 7.23. The van der Waals surface area contributed by atoms with Crippen LogP contribution in [0.4, 0.5) is 0 Å². The summed E-state index contributed by atoms with van der Waals surface area (Å²) in [5, 5.41) is 9.75. The van der Waals surface area contributed by atoms with Crippen molar-refractivity contribution < 1.29 is 19.4 Å². The number of aliphatic carboxylic acids is 1. The number of esters is 1. The number of carbonyl (C=O) groups is 2. The van der Waals surface area contributed by atoms with Crippen molar-refractivity contribution in [3.8, 4) is 0 Å². The molecule has 2 unspecified atom stereocenters. The lowest BCUT2D eigenvalue weighted by Crippen LogP contribution is -2.65. The number of hydrogen-bond donors (Lipinski definition) is 1. The van der Waals surface area contributed by atoms with E-state index in [4.69, 9.17) is 4.74 Å². The molecule has 20 heavy (non-hydrogen) atoms. The maximum atomic E-state index is 11.9. The van der Waals surface area contributed by atoms with Gasteiger partial charge in [0, 0.05) is 12.5 Å². The fraction of sp³-hybridized carbons (Fsp3) is 0.750. The smallest absolute Gasteiger partial charge is 0.330 e. The molecular weight excluding hydrogens is 256 g/mol. The largest absolute Gasteiger partial charge is 0.481 e. The molecule has 0 aromatic rings. The van der Waals surface area contributed by atoms with Gasteiger partial charge in [-0.2, -0.15) is 0 Å². The molecule has 2 atom stereocenters. The first-order valence-electron chi connectivity index (χ1n) is 7.23. The van der Waals surface area contributed by atoms with Crippen LogP contribution in [0.1, 0.15) is 52.4 Å². The average Bonchev–Trinajstić information content (AvgIpc) is 2.22. The van der Waals surface area contributed by atoms with Crippen LogP contribution in [0.15, 0.2) is 12.7 Å². The van der Waals surface area contributed by atoms with E-state index in [9.17, 15) is 14.7 Å². The topological polar surface area (TPSA) is 63.6 Å². The molecule has 0 spiro atoms. The maximum Gasteiger partial charge on any atom is 0.330 e. The second-order valence-electron chi connectivity index (χ2n) is 8.08.